The number of halogens is 1. The molecule has 1 atom stereocenters. The molecule has 1 N–H and O–H groups in total. The Balaban J connectivity index is 1.70. The third kappa shape index (κ3) is 3.49. The molecule has 0 aliphatic rings. The first-order valence-corrected chi connectivity index (χ1v) is 8.51. The van der Waals surface area contributed by atoms with Crippen LogP contribution in [-0.2, 0) is 4.79 Å². The normalized spacial score (nSPS) is 12.2. The van der Waals surface area contributed by atoms with Crippen LogP contribution in [0.1, 0.15) is 18.1 Å². The lowest BCUT2D eigenvalue weighted by Gasteiger charge is -2.16. The minimum Gasteiger partial charge on any atom is -0.481 e. The highest BCUT2D eigenvalue weighted by Crippen LogP contribution is 2.26. The number of nitrogens with one attached hydrogen (secondary N) is 1. The Bertz CT molecular complexity index is 887. The van der Waals surface area contributed by atoms with Crippen LogP contribution in [0, 0.1) is 13.8 Å². The molecule has 124 valence electrons. The van der Waals surface area contributed by atoms with E-state index in [0.29, 0.717) is 16.5 Å². The number of aryl methyl sites for hydroxylation is 2. The summed E-state index contributed by atoms with van der Waals surface area (Å²) < 4.78 is 14.0. The lowest BCUT2D eigenvalue weighted by Crippen LogP contribution is -2.30. The average molecular weight is 362 g/mol. The van der Waals surface area contributed by atoms with E-state index < -0.39 is 6.10 Å². The molecule has 0 aliphatic carbocycles. The maximum absolute atomic E-state index is 12.3. The van der Waals surface area contributed by atoms with Crippen LogP contribution in [0.3, 0.4) is 0 Å². The number of amides is 1. The molecule has 2 aromatic carbocycles. The lowest BCUT2D eigenvalue weighted by atomic mass is 10.1. The van der Waals surface area contributed by atoms with Crippen molar-refractivity contribution < 1.29 is 9.53 Å². The maximum Gasteiger partial charge on any atom is 0.265 e. The number of carbonyl (C=O) groups is 1. The third-order valence-electron chi connectivity index (χ3n) is 3.61. The summed E-state index contributed by atoms with van der Waals surface area (Å²) in [4.78, 5) is 12.3. The largest absolute Gasteiger partial charge is 0.481 e. The summed E-state index contributed by atoms with van der Waals surface area (Å²) >= 11 is 7.29. The lowest BCUT2D eigenvalue weighted by molar-refractivity contribution is -0.122. The molecule has 1 amide bonds. The van der Waals surface area contributed by atoms with Crippen molar-refractivity contribution in [3.8, 4) is 5.75 Å². The van der Waals surface area contributed by atoms with E-state index in [1.807, 2.05) is 32.0 Å². The summed E-state index contributed by atoms with van der Waals surface area (Å²) in [6, 6.07) is 9.06. The fourth-order valence-corrected chi connectivity index (χ4v) is 2.96. The van der Waals surface area contributed by atoms with E-state index in [0.717, 1.165) is 33.9 Å². The second-order valence-corrected chi connectivity index (χ2v) is 6.49. The molecule has 0 saturated carbocycles. The molecule has 1 aromatic heterocycles. The van der Waals surface area contributed by atoms with Gasteiger partial charge in [-0.15, -0.1) is 0 Å². The molecule has 7 heteroatoms. The summed E-state index contributed by atoms with van der Waals surface area (Å²) in [5.41, 5.74) is 4.07. The van der Waals surface area contributed by atoms with Crippen LogP contribution in [0.25, 0.3) is 11.0 Å². The van der Waals surface area contributed by atoms with Gasteiger partial charge < -0.3 is 10.1 Å². The van der Waals surface area contributed by atoms with Gasteiger partial charge in [-0.25, -0.2) is 0 Å². The van der Waals surface area contributed by atoms with Crippen LogP contribution in [0.5, 0.6) is 5.75 Å². The van der Waals surface area contributed by atoms with Crippen molar-refractivity contribution in [2.24, 2.45) is 0 Å². The number of anilines is 1. The number of ether oxygens (including phenoxy) is 1. The van der Waals surface area contributed by atoms with E-state index in [1.54, 1.807) is 19.1 Å². The number of nitrogens with zero attached hydrogens (tertiary/aromatic N) is 2. The second-order valence-electron chi connectivity index (χ2n) is 5.59. The first-order valence-electron chi connectivity index (χ1n) is 7.40. The van der Waals surface area contributed by atoms with Crippen molar-refractivity contribution in [2.45, 2.75) is 26.9 Å². The smallest absolute Gasteiger partial charge is 0.265 e. The Morgan fingerprint density at radius 1 is 1.17 bits per heavy atom. The zero-order chi connectivity index (χ0) is 17.3. The van der Waals surface area contributed by atoms with Crippen molar-refractivity contribution in [1.82, 2.24) is 8.75 Å². The zero-order valence-electron chi connectivity index (χ0n) is 13.5. The van der Waals surface area contributed by atoms with Crippen molar-refractivity contribution in [2.75, 3.05) is 5.32 Å². The summed E-state index contributed by atoms with van der Waals surface area (Å²) in [5, 5.41) is 3.54. The van der Waals surface area contributed by atoms with E-state index in [4.69, 9.17) is 16.3 Å². The fourth-order valence-electron chi connectivity index (χ4n) is 2.34. The van der Waals surface area contributed by atoms with Crippen LogP contribution in [0.2, 0.25) is 5.02 Å². The van der Waals surface area contributed by atoms with Crippen LogP contribution in [0.15, 0.2) is 30.3 Å². The molecule has 3 aromatic rings. The molecular weight excluding hydrogens is 346 g/mol. The number of fused-ring (bicyclic) bond motifs is 1. The van der Waals surface area contributed by atoms with E-state index in [1.165, 1.54) is 0 Å². The summed E-state index contributed by atoms with van der Waals surface area (Å²) in [6.45, 7) is 5.52. The first-order chi connectivity index (χ1) is 11.4. The van der Waals surface area contributed by atoms with Crippen LogP contribution >= 0.6 is 23.3 Å². The molecule has 5 nitrogen and oxygen atoms in total. The zero-order valence-corrected chi connectivity index (χ0v) is 15.0. The molecule has 0 saturated heterocycles. The van der Waals surface area contributed by atoms with Crippen molar-refractivity contribution in [3.63, 3.8) is 0 Å². The quantitative estimate of drug-likeness (QED) is 0.749. The SMILES string of the molecule is Cc1cc(O[C@@H](C)C(=O)Nc2ccc3nsnc3c2)cc(C)c1Cl. The molecule has 1 heterocycles. The van der Waals surface area contributed by atoms with Gasteiger partial charge in [-0.2, -0.15) is 8.75 Å². The molecule has 0 bridgehead atoms. The minimum absolute atomic E-state index is 0.234. The van der Waals surface area contributed by atoms with Crippen LogP contribution in [-0.4, -0.2) is 20.8 Å². The summed E-state index contributed by atoms with van der Waals surface area (Å²) in [6.07, 6.45) is -0.644. The molecule has 24 heavy (non-hydrogen) atoms. The molecule has 0 unspecified atom stereocenters. The predicted molar refractivity (Wildman–Crippen MR) is 97.1 cm³/mol. The molecule has 3 rings (SSSR count). The van der Waals surface area contributed by atoms with Crippen molar-refractivity contribution in [3.05, 3.63) is 46.5 Å². The summed E-state index contributed by atoms with van der Waals surface area (Å²) in [5.74, 6) is 0.388. The molecule has 0 fully saturated rings. The highest BCUT2D eigenvalue weighted by atomic mass is 35.5. The van der Waals surface area contributed by atoms with Gasteiger partial charge in [0, 0.05) is 10.7 Å². The van der Waals surface area contributed by atoms with Gasteiger partial charge in [0.15, 0.2) is 6.10 Å². The number of hydrogen-bond donors (Lipinski definition) is 1. The third-order valence-corrected chi connectivity index (χ3v) is 4.77. The molecular formula is C17H16ClN3O2S. The highest BCUT2D eigenvalue weighted by molar-refractivity contribution is 7.00. The molecule has 0 spiro atoms. The second kappa shape index (κ2) is 6.75. The first kappa shape index (κ1) is 16.7. The van der Waals surface area contributed by atoms with E-state index in [9.17, 15) is 4.79 Å². The Morgan fingerprint density at radius 3 is 2.54 bits per heavy atom. The van der Waals surface area contributed by atoms with Gasteiger partial charge in [-0.3, -0.25) is 4.79 Å². The maximum atomic E-state index is 12.3. The number of aromatic nitrogens is 2. The summed E-state index contributed by atoms with van der Waals surface area (Å²) in [7, 11) is 0. The minimum atomic E-state index is -0.644. The Hall–Kier alpha value is -2.18. The van der Waals surface area contributed by atoms with Gasteiger partial charge in [0.2, 0.25) is 0 Å². The fraction of sp³-hybridized carbons (Fsp3) is 0.235. The average Bonchev–Trinajstić information content (AvgIpc) is 3.00. The standard InChI is InChI=1S/C17H16ClN3O2S/c1-9-6-13(7-10(2)16(9)18)23-11(3)17(22)19-12-4-5-14-15(8-12)21-24-20-14/h4-8,11H,1-3H3,(H,19,22)/t11-/m0/s1. The molecule has 0 radical (unpaired) electrons. The number of benzene rings is 2. The van der Waals surface area contributed by atoms with Gasteiger partial charge in [-0.05, 0) is 62.2 Å². The van der Waals surface area contributed by atoms with Crippen LogP contribution in [0.4, 0.5) is 5.69 Å². The van der Waals surface area contributed by atoms with E-state index in [2.05, 4.69) is 14.1 Å². The van der Waals surface area contributed by atoms with Gasteiger partial charge in [0.1, 0.15) is 16.8 Å². The molecule has 0 aliphatic heterocycles. The Morgan fingerprint density at radius 2 is 1.83 bits per heavy atom. The highest BCUT2D eigenvalue weighted by Gasteiger charge is 2.16. The Kier molecular flexibility index (Phi) is 4.69. The predicted octanol–water partition coefficient (Wildman–Crippen LogP) is 4.37. The van der Waals surface area contributed by atoms with Crippen molar-refractivity contribution >= 4 is 46.0 Å². The Labute approximate surface area is 148 Å². The van der Waals surface area contributed by atoms with Gasteiger partial charge >= 0.3 is 0 Å². The number of hydrogen-bond acceptors (Lipinski definition) is 5. The van der Waals surface area contributed by atoms with E-state index in [-0.39, 0.29) is 5.91 Å². The van der Waals surface area contributed by atoms with Crippen molar-refractivity contribution in [1.29, 1.82) is 0 Å². The topological polar surface area (TPSA) is 64.1 Å². The van der Waals surface area contributed by atoms with Gasteiger partial charge in [0.25, 0.3) is 5.91 Å². The van der Waals surface area contributed by atoms with E-state index >= 15 is 0 Å². The van der Waals surface area contributed by atoms with Gasteiger partial charge in [0.05, 0.1) is 11.7 Å². The van der Waals surface area contributed by atoms with Crippen LogP contribution < -0.4 is 10.1 Å². The number of carbonyl (C=O) groups excluding carboxylic acids is 1. The monoisotopic (exact) mass is 361 g/mol. The number of rotatable bonds is 4. The van der Waals surface area contributed by atoms with Gasteiger partial charge in [-0.1, -0.05) is 11.6 Å².